The Labute approximate surface area is 117 Å². The normalized spacial score (nSPS) is 15.4. The number of nitrogens with one attached hydrogen (secondary N) is 2. The van der Waals surface area contributed by atoms with Crippen molar-refractivity contribution in [1.29, 1.82) is 0 Å². The standard InChI is InChI=1S/C9H18N8O2S/c10-16-8-13-7(12-3-6-20(11,18)19)14-9(15-8)17-4-1-2-5-17/h1-6,10H2,(H2,11,18,19)(H2,12,13,14,15,16). The molecule has 1 saturated heterocycles. The van der Waals surface area contributed by atoms with Gasteiger partial charge in [0.25, 0.3) is 0 Å². The van der Waals surface area contributed by atoms with Crippen LogP contribution < -0.4 is 26.6 Å². The van der Waals surface area contributed by atoms with Crippen molar-refractivity contribution >= 4 is 27.9 Å². The number of anilines is 3. The molecule has 0 unspecified atom stereocenters. The van der Waals surface area contributed by atoms with Crippen molar-refractivity contribution in [2.24, 2.45) is 11.0 Å². The van der Waals surface area contributed by atoms with Gasteiger partial charge in [-0.15, -0.1) is 0 Å². The molecule has 20 heavy (non-hydrogen) atoms. The Morgan fingerprint density at radius 1 is 1.15 bits per heavy atom. The highest BCUT2D eigenvalue weighted by Crippen LogP contribution is 2.18. The third kappa shape index (κ3) is 4.15. The van der Waals surface area contributed by atoms with Crippen LogP contribution in [0.25, 0.3) is 0 Å². The van der Waals surface area contributed by atoms with Crippen molar-refractivity contribution in [3.05, 3.63) is 0 Å². The molecule has 0 bridgehead atoms. The van der Waals surface area contributed by atoms with Crippen LogP contribution in [0.3, 0.4) is 0 Å². The molecule has 0 spiro atoms. The SMILES string of the molecule is NNc1nc(NCCS(N)(=O)=O)nc(N2CCCC2)n1. The third-order valence-electron chi connectivity index (χ3n) is 2.81. The molecular weight excluding hydrogens is 284 g/mol. The number of nitrogen functional groups attached to an aromatic ring is 1. The van der Waals surface area contributed by atoms with Crippen LogP contribution >= 0.6 is 0 Å². The van der Waals surface area contributed by atoms with E-state index in [1.165, 1.54) is 0 Å². The summed E-state index contributed by atoms with van der Waals surface area (Å²) >= 11 is 0. The molecule has 2 heterocycles. The van der Waals surface area contributed by atoms with E-state index in [0.717, 1.165) is 25.9 Å². The number of aromatic nitrogens is 3. The first kappa shape index (κ1) is 14.7. The zero-order chi connectivity index (χ0) is 14.6. The zero-order valence-electron chi connectivity index (χ0n) is 10.9. The summed E-state index contributed by atoms with van der Waals surface area (Å²) in [5.74, 6) is 6.12. The van der Waals surface area contributed by atoms with E-state index >= 15 is 0 Å². The lowest BCUT2D eigenvalue weighted by atomic mass is 10.4. The molecule has 0 aromatic carbocycles. The van der Waals surface area contributed by atoms with Gasteiger partial charge in [-0.05, 0) is 12.8 Å². The van der Waals surface area contributed by atoms with E-state index in [9.17, 15) is 8.42 Å². The number of nitrogens with two attached hydrogens (primary N) is 2. The van der Waals surface area contributed by atoms with Gasteiger partial charge in [-0.3, -0.25) is 5.43 Å². The van der Waals surface area contributed by atoms with Gasteiger partial charge < -0.3 is 10.2 Å². The largest absolute Gasteiger partial charge is 0.353 e. The van der Waals surface area contributed by atoms with E-state index in [2.05, 4.69) is 25.7 Å². The summed E-state index contributed by atoms with van der Waals surface area (Å²) in [5.41, 5.74) is 2.37. The van der Waals surface area contributed by atoms with Crippen LogP contribution in [0.15, 0.2) is 0 Å². The molecule has 11 heteroatoms. The van der Waals surface area contributed by atoms with Crippen molar-refractivity contribution in [2.75, 3.05) is 41.0 Å². The van der Waals surface area contributed by atoms with E-state index in [-0.39, 0.29) is 24.2 Å². The molecular formula is C9H18N8O2S. The Hall–Kier alpha value is -1.72. The third-order valence-corrected chi connectivity index (χ3v) is 3.58. The number of sulfonamides is 1. The van der Waals surface area contributed by atoms with Crippen LogP contribution in [0.1, 0.15) is 12.8 Å². The number of hydrazine groups is 1. The number of hydrogen-bond acceptors (Lipinski definition) is 9. The Balaban J connectivity index is 2.09. The van der Waals surface area contributed by atoms with Crippen LogP contribution in [-0.2, 0) is 10.0 Å². The molecule has 0 saturated carbocycles. The number of primary sulfonamides is 1. The van der Waals surface area contributed by atoms with E-state index in [0.29, 0.717) is 5.95 Å². The average Bonchev–Trinajstić information content (AvgIpc) is 2.90. The van der Waals surface area contributed by atoms with Gasteiger partial charge in [-0.1, -0.05) is 0 Å². The van der Waals surface area contributed by atoms with Crippen molar-refractivity contribution < 1.29 is 8.42 Å². The minimum absolute atomic E-state index is 0.117. The lowest BCUT2D eigenvalue weighted by Gasteiger charge is -2.16. The fourth-order valence-corrected chi connectivity index (χ4v) is 2.26. The summed E-state index contributed by atoms with van der Waals surface area (Å²) in [4.78, 5) is 14.5. The maximum atomic E-state index is 10.9. The predicted octanol–water partition coefficient (Wildman–Crippen LogP) is -1.54. The average molecular weight is 302 g/mol. The quantitative estimate of drug-likeness (QED) is 0.361. The summed E-state index contributed by atoms with van der Waals surface area (Å²) in [6.45, 7) is 1.88. The molecule has 0 amide bonds. The monoisotopic (exact) mass is 302 g/mol. The highest BCUT2D eigenvalue weighted by molar-refractivity contribution is 7.89. The molecule has 0 aliphatic carbocycles. The molecule has 0 radical (unpaired) electrons. The van der Waals surface area contributed by atoms with E-state index in [1.807, 2.05) is 4.90 Å². The smallest absolute Gasteiger partial charge is 0.243 e. The Morgan fingerprint density at radius 2 is 1.80 bits per heavy atom. The number of nitrogens with zero attached hydrogens (tertiary/aromatic N) is 4. The second-order valence-electron chi connectivity index (χ2n) is 4.41. The van der Waals surface area contributed by atoms with Crippen molar-refractivity contribution in [3.63, 3.8) is 0 Å². The molecule has 1 aliphatic heterocycles. The maximum Gasteiger partial charge on any atom is 0.243 e. The minimum atomic E-state index is -3.52. The van der Waals surface area contributed by atoms with Gasteiger partial charge in [0.15, 0.2) is 0 Å². The molecule has 1 fully saturated rings. The minimum Gasteiger partial charge on any atom is -0.353 e. The Bertz CT molecular complexity index is 557. The van der Waals surface area contributed by atoms with Gasteiger partial charge in [0, 0.05) is 19.6 Å². The first-order valence-electron chi connectivity index (χ1n) is 6.20. The Kier molecular flexibility index (Phi) is 4.52. The molecule has 1 aromatic heterocycles. The number of hydrogen-bond donors (Lipinski definition) is 4. The zero-order valence-corrected chi connectivity index (χ0v) is 11.7. The molecule has 2 rings (SSSR count). The summed E-state index contributed by atoms with van der Waals surface area (Å²) < 4.78 is 21.7. The first-order valence-corrected chi connectivity index (χ1v) is 7.91. The van der Waals surface area contributed by atoms with E-state index < -0.39 is 10.0 Å². The molecule has 1 aromatic rings. The summed E-state index contributed by atoms with van der Waals surface area (Å²) in [6, 6.07) is 0. The van der Waals surface area contributed by atoms with E-state index in [1.54, 1.807) is 0 Å². The summed E-state index contributed by atoms with van der Waals surface area (Å²) in [7, 11) is -3.52. The molecule has 0 atom stereocenters. The Morgan fingerprint density at radius 3 is 2.40 bits per heavy atom. The fraction of sp³-hybridized carbons (Fsp3) is 0.667. The van der Waals surface area contributed by atoms with Gasteiger partial charge in [0.05, 0.1) is 5.75 Å². The fourth-order valence-electron chi connectivity index (χ4n) is 1.87. The van der Waals surface area contributed by atoms with Crippen LogP contribution in [0, 0.1) is 0 Å². The summed E-state index contributed by atoms with van der Waals surface area (Å²) in [5, 5.41) is 7.72. The highest BCUT2D eigenvalue weighted by Gasteiger charge is 2.17. The molecule has 112 valence electrons. The highest BCUT2D eigenvalue weighted by atomic mass is 32.2. The van der Waals surface area contributed by atoms with Gasteiger partial charge in [0.1, 0.15) is 0 Å². The van der Waals surface area contributed by atoms with Gasteiger partial charge in [-0.25, -0.2) is 19.4 Å². The van der Waals surface area contributed by atoms with Gasteiger partial charge in [0.2, 0.25) is 27.9 Å². The van der Waals surface area contributed by atoms with Crippen molar-refractivity contribution in [1.82, 2.24) is 15.0 Å². The second-order valence-corrected chi connectivity index (χ2v) is 6.15. The molecule has 6 N–H and O–H groups in total. The van der Waals surface area contributed by atoms with Crippen molar-refractivity contribution in [2.45, 2.75) is 12.8 Å². The predicted molar refractivity (Wildman–Crippen MR) is 75.5 cm³/mol. The lowest BCUT2D eigenvalue weighted by molar-refractivity contribution is 0.598. The second kappa shape index (κ2) is 6.15. The van der Waals surface area contributed by atoms with Gasteiger partial charge in [-0.2, -0.15) is 15.0 Å². The van der Waals surface area contributed by atoms with Crippen LogP contribution in [0.2, 0.25) is 0 Å². The van der Waals surface area contributed by atoms with Crippen molar-refractivity contribution in [3.8, 4) is 0 Å². The summed E-state index contributed by atoms with van der Waals surface area (Å²) in [6.07, 6.45) is 2.18. The maximum absolute atomic E-state index is 10.9. The van der Waals surface area contributed by atoms with Crippen LogP contribution in [-0.4, -0.2) is 48.8 Å². The topological polar surface area (TPSA) is 152 Å². The number of rotatable bonds is 6. The van der Waals surface area contributed by atoms with E-state index in [4.69, 9.17) is 11.0 Å². The molecule has 1 aliphatic rings. The van der Waals surface area contributed by atoms with Crippen LogP contribution in [0.4, 0.5) is 17.8 Å². The first-order chi connectivity index (χ1) is 9.48. The molecule has 10 nitrogen and oxygen atoms in total. The lowest BCUT2D eigenvalue weighted by Crippen LogP contribution is -2.25. The van der Waals surface area contributed by atoms with Gasteiger partial charge >= 0.3 is 0 Å². The van der Waals surface area contributed by atoms with Crippen LogP contribution in [0.5, 0.6) is 0 Å².